The largest absolute Gasteiger partial charge is 0.455 e. The van der Waals surface area contributed by atoms with Crippen LogP contribution in [0.5, 0.6) is 0 Å². The summed E-state index contributed by atoms with van der Waals surface area (Å²) in [6, 6.07) is 70.4. The van der Waals surface area contributed by atoms with Crippen LogP contribution in [-0.2, 0) is 0 Å². The van der Waals surface area contributed by atoms with Gasteiger partial charge in [-0.3, -0.25) is 0 Å². The molecule has 53 heavy (non-hydrogen) atoms. The molecule has 1 aromatic heterocycles. The van der Waals surface area contributed by atoms with Gasteiger partial charge in [0.1, 0.15) is 11.2 Å². The minimum atomic E-state index is 0.913. The molecule has 0 spiro atoms. The number of benzene rings is 10. The number of fused-ring (bicyclic) bond motifs is 8. The Morgan fingerprint density at radius 3 is 1.40 bits per heavy atom. The lowest BCUT2D eigenvalue weighted by Crippen LogP contribution is -1.92. The zero-order valence-electron chi connectivity index (χ0n) is 28.9. The molecule has 0 aliphatic carbocycles. The summed E-state index contributed by atoms with van der Waals surface area (Å²) in [6.45, 7) is 0. The molecular weight excluding hydrogens is 641 g/mol. The van der Waals surface area contributed by atoms with Gasteiger partial charge in [0.15, 0.2) is 0 Å². The lowest BCUT2D eigenvalue weighted by atomic mass is 9.84. The molecule has 11 aromatic rings. The molecule has 1 nitrogen and oxygen atoms in total. The Balaban J connectivity index is 1.14. The Kier molecular flexibility index (Phi) is 6.62. The first-order valence-corrected chi connectivity index (χ1v) is 18.3. The fourth-order valence-corrected chi connectivity index (χ4v) is 8.72. The Morgan fingerprint density at radius 1 is 0.245 bits per heavy atom. The van der Waals surface area contributed by atoms with E-state index in [-0.39, 0.29) is 0 Å². The first kappa shape index (κ1) is 29.7. The Bertz CT molecular complexity index is 3160. The molecule has 246 valence electrons. The van der Waals surface area contributed by atoms with Crippen molar-refractivity contribution >= 4 is 65.0 Å². The van der Waals surface area contributed by atoms with Crippen LogP contribution in [0.1, 0.15) is 0 Å². The first-order chi connectivity index (χ1) is 26.3. The Hall–Kier alpha value is -6.96. The minimum Gasteiger partial charge on any atom is -0.455 e. The number of hydrogen-bond acceptors (Lipinski definition) is 1. The maximum atomic E-state index is 6.84. The van der Waals surface area contributed by atoms with Crippen molar-refractivity contribution in [3.63, 3.8) is 0 Å². The van der Waals surface area contributed by atoms with Gasteiger partial charge in [0.25, 0.3) is 0 Å². The van der Waals surface area contributed by atoms with E-state index in [0.29, 0.717) is 0 Å². The van der Waals surface area contributed by atoms with Crippen LogP contribution in [0.25, 0.3) is 110 Å². The lowest BCUT2D eigenvalue weighted by Gasteiger charge is -2.19. The molecule has 0 N–H and O–H groups in total. The highest BCUT2D eigenvalue weighted by molar-refractivity contribution is 6.25. The van der Waals surface area contributed by atoms with Crippen molar-refractivity contribution in [1.29, 1.82) is 0 Å². The highest BCUT2D eigenvalue weighted by Gasteiger charge is 2.20. The monoisotopic (exact) mass is 672 g/mol. The first-order valence-electron chi connectivity index (χ1n) is 18.3. The predicted molar refractivity (Wildman–Crippen MR) is 225 cm³/mol. The molecule has 1 heteroatoms. The fraction of sp³-hybridized carbons (Fsp3) is 0. The SMILES string of the molecule is c1ccc(-c2cccc3c2oc2c(-c4cccc(-c5c6ccccc6c(-c6cccc7c6ccc6ccccc67)c6ccccc56)c4)cccc23)cc1. The van der Waals surface area contributed by atoms with Gasteiger partial charge in [-0.05, 0) is 82.5 Å². The summed E-state index contributed by atoms with van der Waals surface area (Å²) in [6.07, 6.45) is 0. The van der Waals surface area contributed by atoms with Crippen LogP contribution >= 0.6 is 0 Å². The van der Waals surface area contributed by atoms with Gasteiger partial charge in [-0.2, -0.15) is 0 Å². The second-order valence-corrected chi connectivity index (χ2v) is 13.9. The van der Waals surface area contributed by atoms with Crippen molar-refractivity contribution in [3.05, 3.63) is 194 Å². The van der Waals surface area contributed by atoms with Crippen molar-refractivity contribution in [3.8, 4) is 44.5 Å². The quantitative estimate of drug-likeness (QED) is 0.134. The molecule has 10 aromatic carbocycles. The van der Waals surface area contributed by atoms with Crippen LogP contribution in [0.2, 0.25) is 0 Å². The lowest BCUT2D eigenvalue weighted by molar-refractivity contribution is 0.671. The second-order valence-electron chi connectivity index (χ2n) is 13.9. The molecule has 0 aliphatic heterocycles. The van der Waals surface area contributed by atoms with E-state index in [0.717, 1.165) is 44.2 Å². The van der Waals surface area contributed by atoms with Gasteiger partial charge in [0, 0.05) is 21.9 Å². The van der Waals surface area contributed by atoms with E-state index >= 15 is 0 Å². The van der Waals surface area contributed by atoms with E-state index in [1.54, 1.807) is 0 Å². The fourth-order valence-electron chi connectivity index (χ4n) is 8.72. The molecule has 0 aliphatic rings. The molecule has 0 saturated heterocycles. The van der Waals surface area contributed by atoms with E-state index in [4.69, 9.17) is 4.42 Å². The molecule has 0 unspecified atom stereocenters. The van der Waals surface area contributed by atoms with Crippen molar-refractivity contribution in [2.75, 3.05) is 0 Å². The highest BCUT2D eigenvalue weighted by atomic mass is 16.3. The van der Waals surface area contributed by atoms with Crippen LogP contribution in [0.15, 0.2) is 199 Å². The molecule has 0 amide bonds. The third kappa shape index (κ3) is 4.58. The maximum Gasteiger partial charge on any atom is 0.143 e. The van der Waals surface area contributed by atoms with Crippen LogP contribution in [-0.4, -0.2) is 0 Å². The maximum absolute atomic E-state index is 6.84. The summed E-state index contributed by atoms with van der Waals surface area (Å²) in [5.74, 6) is 0. The molecule has 0 radical (unpaired) electrons. The Morgan fingerprint density at radius 2 is 0.717 bits per heavy atom. The minimum absolute atomic E-state index is 0.913. The third-order valence-electron chi connectivity index (χ3n) is 11.1. The summed E-state index contributed by atoms with van der Waals surface area (Å²) in [7, 11) is 0. The van der Waals surface area contributed by atoms with Gasteiger partial charge >= 0.3 is 0 Å². The zero-order valence-corrected chi connectivity index (χ0v) is 28.9. The van der Waals surface area contributed by atoms with Gasteiger partial charge in [-0.1, -0.05) is 188 Å². The summed E-state index contributed by atoms with van der Waals surface area (Å²) >= 11 is 0. The summed E-state index contributed by atoms with van der Waals surface area (Å²) in [4.78, 5) is 0. The predicted octanol–water partition coefficient (Wildman–Crippen LogP) is 14.9. The second kappa shape index (κ2) is 11.8. The standard InChI is InChI=1S/C52H32O/c1-2-14-33(15-3-1)38-24-11-28-47-48-29-12-25-39(52(48)53-51(38)47)35-17-10-18-36(32-35)49-43-20-6-8-22-45(43)50(46-23-9-7-21-44(46)49)42-27-13-26-40-37-19-5-4-16-34(37)30-31-41(40)42/h1-32H. The van der Waals surface area contributed by atoms with Crippen molar-refractivity contribution in [2.24, 2.45) is 0 Å². The van der Waals surface area contributed by atoms with E-state index in [9.17, 15) is 0 Å². The molecule has 0 bridgehead atoms. The van der Waals surface area contributed by atoms with E-state index in [1.165, 1.54) is 65.3 Å². The van der Waals surface area contributed by atoms with Crippen molar-refractivity contribution in [2.45, 2.75) is 0 Å². The zero-order chi connectivity index (χ0) is 34.9. The van der Waals surface area contributed by atoms with Gasteiger partial charge in [0.2, 0.25) is 0 Å². The summed E-state index contributed by atoms with van der Waals surface area (Å²) < 4.78 is 6.84. The number of hydrogen-bond donors (Lipinski definition) is 0. The van der Waals surface area contributed by atoms with Crippen molar-refractivity contribution < 1.29 is 4.42 Å². The molecule has 0 saturated carbocycles. The van der Waals surface area contributed by atoms with E-state index in [2.05, 4.69) is 194 Å². The number of furan rings is 1. The van der Waals surface area contributed by atoms with Crippen LogP contribution < -0.4 is 0 Å². The Labute approximate surface area is 307 Å². The molecular formula is C52H32O. The number of para-hydroxylation sites is 2. The highest BCUT2D eigenvalue weighted by Crippen LogP contribution is 2.47. The molecule has 1 heterocycles. The van der Waals surface area contributed by atoms with Crippen LogP contribution in [0.4, 0.5) is 0 Å². The summed E-state index contributed by atoms with van der Waals surface area (Å²) in [5, 5.41) is 12.3. The van der Waals surface area contributed by atoms with Crippen LogP contribution in [0.3, 0.4) is 0 Å². The van der Waals surface area contributed by atoms with E-state index < -0.39 is 0 Å². The van der Waals surface area contributed by atoms with Gasteiger partial charge in [-0.25, -0.2) is 0 Å². The van der Waals surface area contributed by atoms with Crippen LogP contribution in [0, 0.1) is 0 Å². The number of rotatable bonds is 4. The van der Waals surface area contributed by atoms with Gasteiger partial charge in [-0.15, -0.1) is 0 Å². The average molecular weight is 673 g/mol. The van der Waals surface area contributed by atoms with E-state index in [1.807, 2.05) is 0 Å². The molecule has 0 atom stereocenters. The molecule has 0 fully saturated rings. The summed E-state index contributed by atoms with van der Waals surface area (Å²) in [5.41, 5.74) is 11.3. The normalized spacial score (nSPS) is 11.8. The van der Waals surface area contributed by atoms with Gasteiger partial charge in [0.05, 0.1) is 0 Å². The third-order valence-corrected chi connectivity index (χ3v) is 11.1. The average Bonchev–Trinajstić information content (AvgIpc) is 3.62. The topological polar surface area (TPSA) is 13.1 Å². The van der Waals surface area contributed by atoms with Crippen molar-refractivity contribution in [1.82, 2.24) is 0 Å². The molecule has 11 rings (SSSR count). The smallest absolute Gasteiger partial charge is 0.143 e. The van der Waals surface area contributed by atoms with Gasteiger partial charge < -0.3 is 4.42 Å².